The van der Waals surface area contributed by atoms with Crippen molar-refractivity contribution in [2.75, 3.05) is 30.9 Å². The van der Waals surface area contributed by atoms with E-state index >= 15 is 0 Å². The summed E-state index contributed by atoms with van der Waals surface area (Å²) in [6.45, 7) is 3.66. The van der Waals surface area contributed by atoms with Gasteiger partial charge in [-0.1, -0.05) is 0 Å². The molecule has 1 N–H and O–H groups in total. The number of rotatable bonds is 7. The molecule has 0 aliphatic carbocycles. The van der Waals surface area contributed by atoms with Gasteiger partial charge in [0, 0.05) is 24.8 Å². The van der Waals surface area contributed by atoms with Crippen LogP contribution < -0.4 is 10.1 Å². The molecule has 2 atom stereocenters. The molecule has 0 radical (unpaired) electrons. The van der Waals surface area contributed by atoms with Crippen LogP contribution >= 0.6 is 0 Å². The van der Waals surface area contributed by atoms with Gasteiger partial charge in [-0.3, -0.25) is 0 Å². The molecule has 8 heteroatoms. The molecule has 0 aromatic heterocycles. The lowest BCUT2D eigenvalue weighted by Crippen LogP contribution is -2.18. The molecule has 1 fully saturated rings. The first-order valence-corrected chi connectivity index (χ1v) is 11.2. The Morgan fingerprint density at radius 3 is 2.30 bits per heavy atom. The second-order valence-corrected chi connectivity index (χ2v) is 10.5. The molecular formula is C15H23NO5S2. The van der Waals surface area contributed by atoms with Gasteiger partial charge in [-0.2, -0.15) is 0 Å². The second-order valence-electron chi connectivity index (χ2n) is 6.14. The molecule has 130 valence electrons. The van der Waals surface area contributed by atoms with E-state index in [1.165, 1.54) is 12.1 Å². The zero-order chi connectivity index (χ0) is 17.1. The molecule has 6 nitrogen and oxygen atoms in total. The molecule has 0 unspecified atom stereocenters. The fourth-order valence-corrected chi connectivity index (χ4v) is 5.37. The summed E-state index contributed by atoms with van der Waals surface area (Å²) in [7, 11) is -6.90. The summed E-state index contributed by atoms with van der Waals surface area (Å²) in [6.07, 6.45) is 2.09. The number of sulfone groups is 2. The van der Waals surface area contributed by atoms with E-state index in [0.29, 0.717) is 24.3 Å². The number of ether oxygens (including phenoxy) is 1. The largest absolute Gasteiger partial charge is 0.493 e. The summed E-state index contributed by atoms with van der Waals surface area (Å²) in [5.41, 5.74) is 0. The zero-order valence-corrected chi connectivity index (χ0v) is 15.0. The summed E-state index contributed by atoms with van der Waals surface area (Å²) in [5.74, 6) is 0.299. The molecule has 1 aromatic carbocycles. The van der Waals surface area contributed by atoms with Gasteiger partial charge in [0.1, 0.15) is 15.6 Å². The monoisotopic (exact) mass is 361 g/mol. The fraction of sp³-hybridized carbons (Fsp3) is 0.600. The van der Waals surface area contributed by atoms with Crippen molar-refractivity contribution in [1.82, 2.24) is 5.32 Å². The maximum absolute atomic E-state index is 12.1. The number of nitrogens with one attached hydrogen (secondary N) is 1. The summed E-state index contributed by atoms with van der Waals surface area (Å²) in [5, 5.41) is 3.35. The van der Waals surface area contributed by atoms with Gasteiger partial charge in [0.15, 0.2) is 9.84 Å². The predicted octanol–water partition coefficient (Wildman–Crippen LogP) is 0.882. The van der Waals surface area contributed by atoms with E-state index in [-0.39, 0.29) is 10.6 Å². The zero-order valence-electron chi connectivity index (χ0n) is 13.4. The minimum atomic E-state index is -3.59. The summed E-state index contributed by atoms with van der Waals surface area (Å²) in [6, 6.07) is 6.65. The van der Waals surface area contributed by atoms with Gasteiger partial charge in [-0.15, -0.1) is 0 Å². The van der Waals surface area contributed by atoms with E-state index in [9.17, 15) is 16.8 Å². The summed E-state index contributed by atoms with van der Waals surface area (Å²) < 4.78 is 52.1. The van der Waals surface area contributed by atoms with Gasteiger partial charge in [0.05, 0.1) is 23.0 Å². The van der Waals surface area contributed by atoms with Crippen molar-refractivity contribution < 1.29 is 21.6 Å². The third-order valence-corrected chi connectivity index (χ3v) is 6.77. The predicted molar refractivity (Wildman–Crippen MR) is 89.3 cm³/mol. The Morgan fingerprint density at radius 2 is 1.78 bits per heavy atom. The van der Waals surface area contributed by atoms with E-state index in [0.717, 1.165) is 19.2 Å². The van der Waals surface area contributed by atoms with Gasteiger partial charge in [0.2, 0.25) is 0 Å². The van der Waals surface area contributed by atoms with Crippen LogP contribution in [0.4, 0.5) is 0 Å². The van der Waals surface area contributed by atoms with Crippen LogP contribution in [0, 0.1) is 5.92 Å². The minimum absolute atomic E-state index is 0.115. The van der Waals surface area contributed by atoms with Gasteiger partial charge in [0.25, 0.3) is 0 Å². The highest BCUT2D eigenvalue weighted by Gasteiger charge is 2.21. The highest BCUT2D eigenvalue weighted by molar-refractivity contribution is 7.94. The Morgan fingerprint density at radius 1 is 1.13 bits per heavy atom. The molecule has 0 bridgehead atoms. The van der Waals surface area contributed by atoms with Crippen LogP contribution in [0.15, 0.2) is 29.2 Å². The molecule has 2 rings (SSSR count). The van der Waals surface area contributed by atoms with Crippen molar-refractivity contribution in [2.45, 2.75) is 24.3 Å². The molecule has 1 heterocycles. The normalized spacial score (nSPS) is 22.2. The fourth-order valence-electron chi connectivity index (χ4n) is 2.50. The molecule has 0 amide bonds. The van der Waals surface area contributed by atoms with Crippen molar-refractivity contribution in [2.24, 2.45) is 5.92 Å². The van der Waals surface area contributed by atoms with Crippen molar-refractivity contribution in [3.8, 4) is 5.75 Å². The summed E-state index contributed by atoms with van der Waals surface area (Å²) >= 11 is 0. The number of hydrogen-bond acceptors (Lipinski definition) is 6. The Labute approximate surface area is 138 Å². The van der Waals surface area contributed by atoms with E-state index < -0.39 is 25.4 Å². The average Bonchev–Trinajstić information content (AvgIpc) is 2.89. The van der Waals surface area contributed by atoms with Crippen LogP contribution in [0.1, 0.15) is 13.3 Å². The van der Waals surface area contributed by atoms with Gasteiger partial charge in [-0.05, 0) is 37.6 Å². The lowest BCUT2D eigenvalue weighted by molar-refractivity contribution is 0.258. The van der Waals surface area contributed by atoms with Gasteiger partial charge in [-0.25, -0.2) is 16.8 Å². The third-order valence-electron chi connectivity index (χ3n) is 3.83. The Hall–Kier alpha value is -1.12. The highest BCUT2D eigenvalue weighted by Crippen LogP contribution is 2.20. The van der Waals surface area contributed by atoms with Crippen molar-refractivity contribution in [3.05, 3.63) is 24.3 Å². The Kier molecular flexibility index (Phi) is 5.70. The average molecular weight is 361 g/mol. The van der Waals surface area contributed by atoms with Crippen LogP contribution in [0.3, 0.4) is 0 Å². The van der Waals surface area contributed by atoms with Crippen LogP contribution in [-0.2, 0) is 19.7 Å². The van der Waals surface area contributed by atoms with E-state index in [4.69, 9.17) is 4.74 Å². The van der Waals surface area contributed by atoms with Gasteiger partial charge < -0.3 is 10.1 Å². The first-order valence-electron chi connectivity index (χ1n) is 7.52. The molecule has 0 spiro atoms. The Bertz CT molecular complexity index is 726. The topological polar surface area (TPSA) is 89.5 Å². The van der Waals surface area contributed by atoms with E-state index in [2.05, 4.69) is 12.2 Å². The van der Waals surface area contributed by atoms with Gasteiger partial charge >= 0.3 is 0 Å². The second kappa shape index (κ2) is 7.19. The Balaban J connectivity index is 1.93. The maximum Gasteiger partial charge on any atom is 0.179 e. The lowest BCUT2D eigenvalue weighted by Gasteiger charge is -2.11. The van der Waals surface area contributed by atoms with E-state index in [1.54, 1.807) is 12.1 Å². The standard InChI is InChI=1S/C15H23NO5S2/c1-12-9-13(10-16-12)11-21-14-3-5-15(6-4-14)23(19,20)8-7-22(2,17)18/h3-6,12-13,16H,7-11H2,1-2H3/t12-,13+/m1/s1. The molecule has 1 saturated heterocycles. The number of benzene rings is 1. The third kappa shape index (κ3) is 5.78. The molecule has 0 saturated carbocycles. The quantitative estimate of drug-likeness (QED) is 0.775. The molecule has 23 heavy (non-hydrogen) atoms. The summed E-state index contributed by atoms with van der Waals surface area (Å²) in [4.78, 5) is 0.115. The molecule has 1 aliphatic heterocycles. The van der Waals surface area contributed by atoms with Crippen molar-refractivity contribution in [3.63, 3.8) is 0 Å². The number of hydrogen-bond donors (Lipinski definition) is 1. The highest BCUT2D eigenvalue weighted by atomic mass is 32.2. The SMILES string of the molecule is C[C@@H]1C[C@H](COc2ccc(S(=O)(=O)CCS(C)(=O)=O)cc2)CN1. The lowest BCUT2D eigenvalue weighted by atomic mass is 10.1. The van der Waals surface area contributed by atoms with E-state index in [1.807, 2.05) is 0 Å². The minimum Gasteiger partial charge on any atom is -0.493 e. The van der Waals surface area contributed by atoms with Crippen LogP contribution in [0.25, 0.3) is 0 Å². The first kappa shape index (κ1) is 18.2. The van der Waals surface area contributed by atoms with Crippen LogP contribution in [-0.4, -0.2) is 53.8 Å². The van der Waals surface area contributed by atoms with Crippen molar-refractivity contribution in [1.29, 1.82) is 0 Å². The van der Waals surface area contributed by atoms with Crippen molar-refractivity contribution >= 4 is 19.7 Å². The molecule has 1 aromatic rings. The smallest absolute Gasteiger partial charge is 0.179 e. The molecule has 1 aliphatic rings. The van der Waals surface area contributed by atoms with Crippen LogP contribution in [0.5, 0.6) is 5.75 Å². The first-order chi connectivity index (χ1) is 10.7. The van der Waals surface area contributed by atoms with Crippen LogP contribution in [0.2, 0.25) is 0 Å². The molecular weight excluding hydrogens is 338 g/mol. The maximum atomic E-state index is 12.1.